The molecular weight excluding hydrogens is 323 g/mol. The molecule has 20 heavy (non-hydrogen) atoms. The Balaban J connectivity index is 1.55. The van der Waals surface area contributed by atoms with E-state index in [0.717, 1.165) is 19.3 Å². The SMILES string of the molecule is N[C@@H]1C[C@@H]2C[C@@H](NC(=O)Cc3ccc(Br)cc3F)C[C@@H]21. The van der Waals surface area contributed by atoms with E-state index in [1.54, 1.807) is 12.1 Å². The number of amides is 1. The van der Waals surface area contributed by atoms with Crippen LogP contribution in [0.2, 0.25) is 0 Å². The first kappa shape index (κ1) is 14.0. The van der Waals surface area contributed by atoms with Crippen molar-refractivity contribution in [3.63, 3.8) is 0 Å². The van der Waals surface area contributed by atoms with Gasteiger partial charge in [0.2, 0.25) is 5.91 Å². The molecule has 5 heteroatoms. The molecule has 3 rings (SSSR count). The molecule has 1 amide bonds. The maximum atomic E-state index is 13.7. The van der Waals surface area contributed by atoms with Crippen LogP contribution in [-0.2, 0) is 11.2 Å². The lowest BCUT2D eigenvalue weighted by Gasteiger charge is -2.37. The van der Waals surface area contributed by atoms with Gasteiger partial charge in [0, 0.05) is 16.6 Å². The van der Waals surface area contributed by atoms with Crippen molar-refractivity contribution in [1.82, 2.24) is 5.32 Å². The van der Waals surface area contributed by atoms with E-state index in [0.29, 0.717) is 27.9 Å². The zero-order valence-corrected chi connectivity index (χ0v) is 12.7. The van der Waals surface area contributed by atoms with Gasteiger partial charge in [0.1, 0.15) is 5.82 Å². The minimum atomic E-state index is -0.344. The smallest absolute Gasteiger partial charge is 0.224 e. The van der Waals surface area contributed by atoms with E-state index < -0.39 is 0 Å². The van der Waals surface area contributed by atoms with Crippen LogP contribution in [0.25, 0.3) is 0 Å². The van der Waals surface area contributed by atoms with Crippen molar-refractivity contribution in [2.24, 2.45) is 17.6 Å². The molecule has 4 atom stereocenters. The molecule has 2 aliphatic carbocycles. The maximum Gasteiger partial charge on any atom is 0.224 e. The first-order valence-electron chi connectivity index (χ1n) is 7.02. The Morgan fingerprint density at radius 1 is 1.40 bits per heavy atom. The van der Waals surface area contributed by atoms with Crippen molar-refractivity contribution >= 4 is 21.8 Å². The largest absolute Gasteiger partial charge is 0.353 e. The lowest BCUT2D eigenvalue weighted by Crippen LogP contribution is -2.44. The highest BCUT2D eigenvalue weighted by molar-refractivity contribution is 9.10. The van der Waals surface area contributed by atoms with Crippen LogP contribution in [0.3, 0.4) is 0 Å². The predicted molar refractivity (Wildman–Crippen MR) is 78.5 cm³/mol. The molecule has 0 saturated heterocycles. The molecule has 0 heterocycles. The Hall–Kier alpha value is -0.940. The topological polar surface area (TPSA) is 55.1 Å². The number of hydrogen-bond acceptors (Lipinski definition) is 2. The van der Waals surface area contributed by atoms with Gasteiger partial charge in [-0.1, -0.05) is 22.0 Å². The standard InChI is InChI=1S/C15H18BrFN2O/c16-10-2-1-8(13(17)6-10)5-15(20)19-11-3-9-4-14(18)12(9)7-11/h1-2,6,9,11-12,14H,3-5,7,18H2,(H,19,20)/t9-,11+,12-,14+/m0/s1. The van der Waals surface area contributed by atoms with Crippen molar-refractivity contribution < 1.29 is 9.18 Å². The van der Waals surface area contributed by atoms with E-state index in [1.807, 2.05) is 0 Å². The molecule has 1 aromatic carbocycles. The van der Waals surface area contributed by atoms with Crippen LogP contribution < -0.4 is 11.1 Å². The molecule has 108 valence electrons. The van der Waals surface area contributed by atoms with Crippen molar-refractivity contribution in [2.45, 2.75) is 37.8 Å². The van der Waals surface area contributed by atoms with Crippen molar-refractivity contribution in [2.75, 3.05) is 0 Å². The summed E-state index contributed by atoms with van der Waals surface area (Å²) in [6.07, 6.45) is 3.17. The van der Waals surface area contributed by atoms with Gasteiger partial charge in [0.25, 0.3) is 0 Å². The third-order valence-electron chi connectivity index (χ3n) is 4.61. The van der Waals surface area contributed by atoms with E-state index in [9.17, 15) is 9.18 Å². The molecule has 0 aromatic heterocycles. The number of fused-ring (bicyclic) bond motifs is 1. The fourth-order valence-electron chi connectivity index (χ4n) is 3.52. The summed E-state index contributed by atoms with van der Waals surface area (Å²) in [6, 6.07) is 5.31. The second kappa shape index (κ2) is 5.45. The minimum absolute atomic E-state index is 0.0942. The Bertz CT molecular complexity index is 537. The summed E-state index contributed by atoms with van der Waals surface area (Å²) in [5.74, 6) is 0.804. The van der Waals surface area contributed by atoms with E-state index in [1.165, 1.54) is 6.07 Å². The van der Waals surface area contributed by atoms with Crippen molar-refractivity contribution in [3.05, 3.63) is 34.1 Å². The second-order valence-corrected chi connectivity index (χ2v) is 6.89. The number of halogens is 2. The van der Waals surface area contributed by atoms with Gasteiger partial charge in [-0.2, -0.15) is 0 Å². The molecule has 2 aliphatic rings. The molecule has 0 bridgehead atoms. The van der Waals surface area contributed by atoms with Crippen molar-refractivity contribution in [3.8, 4) is 0 Å². The van der Waals surface area contributed by atoms with Gasteiger partial charge >= 0.3 is 0 Å². The molecule has 0 aliphatic heterocycles. The van der Waals surface area contributed by atoms with Crippen LogP contribution in [-0.4, -0.2) is 18.0 Å². The van der Waals surface area contributed by atoms with E-state index in [-0.39, 0.29) is 24.2 Å². The van der Waals surface area contributed by atoms with Crippen LogP contribution >= 0.6 is 15.9 Å². The lowest BCUT2D eigenvalue weighted by molar-refractivity contribution is -0.121. The third-order valence-corrected chi connectivity index (χ3v) is 5.10. The number of benzene rings is 1. The normalized spacial score (nSPS) is 31.6. The highest BCUT2D eigenvalue weighted by Gasteiger charge is 2.46. The Morgan fingerprint density at radius 3 is 2.85 bits per heavy atom. The summed E-state index contributed by atoms with van der Waals surface area (Å²) < 4.78 is 14.4. The molecule has 2 saturated carbocycles. The average molecular weight is 341 g/mol. The number of hydrogen-bond donors (Lipinski definition) is 2. The summed E-state index contributed by atoms with van der Waals surface area (Å²) in [5.41, 5.74) is 6.38. The highest BCUT2D eigenvalue weighted by atomic mass is 79.9. The summed E-state index contributed by atoms with van der Waals surface area (Å²) in [5, 5.41) is 3.02. The number of carbonyl (C=O) groups excluding carboxylic acids is 1. The fourth-order valence-corrected chi connectivity index (χ4v) is 3.85. The van der Waals surface area contributed by atoms with Crippen LogP contribution in [0.1, 0.15) is 24.8 Å². The molecule has 3 nitrogen and oxygen atoms in total. The molecule has 0 radical (unpaired) electrons. The predicted octanol–water partition coefficient (Wildman–Crippen LogP) is 2.37. The summed E-state index contributed by atoms with van der Waals surface area (Å²) in [7, 11) is 0. The van der Waals surface area contributed by atoms with Crippen LogP contribution in [0.4, 0.5) is 4.39 Å². The molecule has 0 spiro atoms. The molecular formula is C15H18BrFN2O. The Kier molecular flexibility index (Phi) is 3.82. The zero-order chi connectivity index (χ0) is 14.3. The maximum absolute atomic E-state index is 13.7. The van der Waals surface area contributed by atoms with Gasteiger partial charge in [-0.3, -0.25) is 4.79 Å². The summed E-state index contributed by atoms with van der Waals surface area (Å²) >= 11 is 3.21. The molecule has 1 aromatic rings. The van der Waals surface area contributed by atoms with Gasteiger partial charge in [-0.25, -0.2) is 4.39 Å². The summed E-state index contributed by atoms with van der Waals surface area (Å²) in [6.45, 7) is 0. The van der Waals surface area contributed by atoms with Gasteiger partial charge in [0.15, 0.2) is 0 Å². The Morgan fingerprint density at radius 2 is 2.20 bits per heavy atom. The number of carbonyl (C=O) groups is 1. The average Bonchev–Trinajstić information content (AvgIpc) is 2.70. The highest BCUT2D eigenvalue weighted by Crippen LogP contribution is 2.45. The second-order valence-electron chi connectivity index (χ2n) is 5.97. The van der Waals surface area contributed by atoms with Gasteiger partial charge in [0.05, 0.1) is 6.42 Å². The van der Waals surface area contributed by atoms with Crippen molar-refractivity contribution in [1.29, 1.82) is 0 Å². The number of nitrogens with two attached hydrogens (primary N) is 1. The third kappa shape index (κ3) is 2.74. The monoisotopic (exact) mass is 340 g/mol. The molecule has 0 unspecified atom stereocenters. The summed E-state index contributed by atoms with van der Waals surface area (Å²) in [4.78, 5) is 12.0. The van der Waals surface area contributed by atoms with Crippen LogP contribution in [0.15, 0.2) is 22.7 Å². The number of nitrogens with one attached hydrogen (secondary N) is 1. The van der Waals surface area contributed by atoms with Crippen LogP contribution in [0, 0.1) is 17.7 Å². The lowest BCUT2D eigenvalue weighted by atomic mass is 9.72. The van der Waals surface area contributed by atoms with Gasteiger partial charge in [-0.15, -0.1) is 0 Å². The van der Waals surface area contributed by atoms with Gasteiger partial charge in [-0.05, 0) is 48.8 Å². The molecule has 3 N–H and O–H groups in total. The van der Waals surface area contributed by atoms with Crippen LogP contribution in [0.5, 0.6) is 0 Å². The van der Waals surface area contributed by atoms with E-state index in [2.05, 4.69) is 21.2 Å². The first-order chi connectivity index (χ1) is 9.52. The fraction of sp³-hybridized carbons (Fsp3) is 0.533. The van der Waals surface area contributed by atoms with E-state index in [4.69, 9.17) is 5.73 Å². The minimum Gasteiger partial charge on any atom is -0.353 e. The first-order valence-corrected chi connectivity index (χ1v) is 7.81. The Labute approximate surface area is 126 Å². The molecule has 2 fully saturated rings. The van der Waals surface area contributed by atoms with E-state index >= 15 is 0 Å². The zero-order valence-electron chi connectivity index (χ0n) is 11.1. The quantitative estimate of drug-likeness (QED) is 0.887. The van der Waals surface area contributed by atoms with Gasteiger partial charge < -0.3 is 11.1 Å². The number of rotatable bonds is 3.